The molecule has 8 nitrogen and oxygen atoms in total. The van der Waals surface area contributed by atoms with Gasteiger partial charge in [-0.3, -0.25) is 14.9 Å². The van der Waals surface area contributed by atoms with Crippen LogP contribution in [0.1, 0.15) is 36.5 Å². The number of carboxylic acids is 1. The lowest BCUT2D eigenvalue weighted by Gasteiger charge is -2.15. The molecule has 0 radical (unpaired) electrons. The summed E-state index contributed by atoms with van der Waals surface area (Å²) in [5.74, 6) is -1.67. The maximum Gasteiger partial charge on any atom is 0.326 e. The summed E-state index contributed by atoms with van der Waals surface area (Å²) in [4.78, 5) is 34.7. The molecule has 0 aliphatic heterocycles. The molecule has 0 saturated carbocycles. The normalized spacial score (nSPS) is 11.6. The molecule has 1 unspecified atom stereocenters. The highest BCUT2D eigenvalue weighted by atomic mass is 32.2. The molecule has 9 heteroatoms. The lowest BCUT2D eigenvalue weighted by molar-refractivity contribution is -0.385. The van der Waals surface area contributed by atoms with Gasteiger partial charge in [0.15, 0.2) is 0 Å². The number of nitrogens with zero attached hydrogens (tertiary/aromatic N) is 1. The van der Waals surface area contributed by atoms with Crippen molar-refractivity contribution in [1.82, 2.24) is 5.32 Å². The monoisotopic (exact) mass is 356 g/mol. The summed E-state index contributed by atoms with van der Waals surface area (Å²) in [5.41, 5.74) is -0.616. The van der Waals surface area contributed by atoms with E-state index in [-0.39, 0.29) is 17.7 Å². The van der Waals surface area contributed by atoms with Crippen molar-refractivity contribution in [2.75, 3.05) is 13.4 Å². The topological polar surface area (TPSA) is 119 Å². The summed E-state index contributed by atoms with van der Waals surface area (Å²) < 4.78 is 5.08. The van der Waals surface area contributed by atoms with Gasteiger partial charge >= 0.3 is 5.97 Å². The zero-order chi connectivity index (χ0) is 18.3. The minimum atomic E-state index is -1.17. The average Bonchev–Trinajstić information content (AvgIpc) is 2.56. The molecule has 0 spiro atoms. The Balaban J connectivity index is 3.20. The molecule has 0 aromatic heterocycles. The molecule has 0 aliphatic carbocycles. The molecule has 132 valence electrons. The molecular formula is C15H20N2O6S. The molecule has 0 fully saturated rings. The number of unbranched alkanes of at least 4 members (excludes halogenated alkanes) is 1. The van der Waals surface area contributed by atoms with Crippen LogP contribution >= 0.6 is 11.8 Å². The van der Waals surface area contributed by atoms with Crippen molar-refractivity contribution in [3.63, 3.8) is 0 Å². The molecule has 0 aliphatic rings. The maximum atomic E-state index is 12.4. The Morgan fingerprint density at radius 1 is 1.46 bits per heavy atom. The van der Waals surface area contributed by atoms with Crippen LogP contribution in [0.4, 0.5) is 5.69 Å². The molecule has 1 aromatic rings. The van der Waals surface area contributed by atoms with E-state index in [2.05, 4.69) is 5.32 Å². The molecular weight excluding hydrogens is 336 g/mol. The molecule has 2 N–H and O–H groups in total. The first-order valence-electron chi connectivity index (χ1n) is 7.29. The summed E-state index contributed by atoms with van der Waals surface area (Å²) in [7, 11) is 1.38. The Hall–Kier alpha value is -2.29. The van der Waals surface area contributed by atoms with Gasteiger partial charge in [0.1, 0.15) is 17.4 Å². The van der Waals surface area contributed by atoms with Crippen molar-refractivity contribution in [2.45, 2.75) is 37.1 Å². The zero-order valence-corrected chi connectivity index (χ0v) is 14.5. The fourth-order valence-electron chi connectivity index (χ4n) is 2.10. The van der Waals surface area contributed by atoms with Gasteiger partial charge in [-0.1, -0.05) is 19.8 Å². The number of carboxylic acid groups (broad SMARTS) is 1. The van der Waals surface area contributed by atoms with Crippen molar-refractivity contribution < 1.29 is 24.4 Å². The number of aliphatic carboxylic acids is 1. The van der Waals surface area contributed by atoms with Crippen LogP contribution < -0.4 is 10.1 Å². The number of hydrogen-bond donors (Lipinski definition) is 2. The second-order valence-electron chi connectivity index (χ2n) is 4.99. The van der Waals surface area contributed by atoms with E-state index in [1.54, 1.807) is 6.26 Å². The Labute approximate surface area is 143 Å². The van der Waals surface area contributed by atoms with E-state index in [0.29, 0.717) is 11.3 Å². The Morgan fingerprint density at radius 3 is 2.58 bits per heavy atom. The number of carbonyl (C=O) groups is 2. The van der Waals surface area contributed by atoms with Gasteiger partial charge in [-0.2, -0.15) is 0 Å². The van der Waals surface area contributed by atoms with E-state index < -0.39 is 28.5 Å². The SMILES string of the molecule is CCCCC(NC(=O)c1cc(SC)c(OC)cc1[N+](=O)[O-])C(=O)O. The second kappa shape index (κ2) is 9.11. The number of carbonyl (C=O) groups excluding carboxylic acids is 1. The fraction of sp³-hybridized carbons (Fsp3) is 0.467. The summed E-state index contributed by atoms with van der Waals surface area (Å²) in [6, 6.07) is 1.43. The molecule has 1 amide bonds. The van der Waals surface area contributed by atoms with Gasteiger partial charge in [-0.15, -0.1) is 11.8 Å². The van der Waals surface area contributed by atoms with Crippen LogP contribution in [0.15, 0.2) is 17.0 Å². The second-order valence-corrected chi connectivity index (χ2v) is 5.84. The Bertz CT molecular complexity index is 635. The van der Waals surface area contributed by atoms with Gasteiger partial charge in [-0.25, -0.2) is 4.79 Å². The minimum Gasteiger partial charge on any atom is -0.495 e. The smallest absolute Gasteiger partial charge is 0.326 e. The average molecular weight is 356 g/mol. The van der Waals surface area contributed by atoms with Crippen LogP contribution in [0.3, 0.4) is 0 Å². The number of thioether (sulfide) groups is 1. The third kappa shape index (κ3) is 4.85. The molecule has 1 aromatic carbocycles. The van der Waals surface area contributed by atoms with Crippen LogP contribution in [0.2, 0.25) is 0 Å². The van der Waals surface area contributed by atoms with Crippen molar-refractivity contribution >= 4 is 29.3 Å². The number of nitro groups is 1. The fourth-order valence-corrected chi connectivity index (χ4v) is 2.68. The van der Waals surface area contributed by atoms with Crippen LogP contribution in [0.25, 0.3) is 0 Å². The van der Waals surface area contributed by atoms with E-state index >= 15 is 0 Å². The Morgan fingerprint density at radius 2 is 2.12 bits per heavy atom. The first-order valence-corrected chi connectivity index (χ1v) is 8.52. The number of amides is 1. The number of nitrogens with one attached hydrogen (secondary N) is 1. The first-order chi connectivity index (χ1) is 11.3. The third-order valence-electron chi connectivity index (χ3n) is 3.39. The lowest BCUT2D eigenvalue weighted by Crippen LogP contribution is -2.41. The van der Waals surface area contributed by atoms with Crippen molar-refractivity contribution in [3.8, 4) is 5.75 Å². The number of hydrogen-bond acceptors (Lipinski definition) is 6. The van der Waals surface area contributed by atoms with Gasteiger partial charge in [0.2, 0.25) is 0 Å². The standard InChI is InChI=1S/C15H20N2O6S/c1-4-5-6-10(15(19)20)16-14(18)9-7-13(24-3)12(23-2)8-11(9)17(21)22/h7-8,10H,4-6H2,1-3H3,(H,16,18)(H,19,20). The zero-order valence-electron chi connectivity index (χ0n) is 13.7. The summed E-state index contributed by atoms with van der Waals surface area (Å²) >= 11 is 1.27. The van der Waals surface area contributed by atoms with Gasteiger partial charge in [0.25, 0.3) is 11.6 Å². The number of benzene rings is 1. The molecule has 0 saturated heterocycles. The predicted molar refractivity (Wildman–Crippen MR) is 89.8 cm³/mol. The highest BCUT2D eigenvalue weighted by molar-refractivity contribution is 7.98. The minimum absolute atomic E-state index is 0.187. The highest BCUT2D eigenvalue weighted by Crippen LogP contribution is 2.34. The van der Waals surface area contributed by atoms with E-state index in [1.165, 1.54) is 31.0 Å². The number of ether oxygens (including phenoxy) is 1. The first kappa shape index (κ1) is 19.8. The molecule has 1 atom stereocenters. The van der Waals surface area contributed by atoms with E-state index in [4.69, 9.17) is 4.74 Å². The van der Waals surface area contributed by atoms with Crippen LogP contribution in [-0.2, 0) is 4.79 Å². The van der Waals surface area contributed by atoms with Crippen LogP contribution in [0.5, 0.6) is 5.75 Å². The van der Waals surface area contributed by atoms with E-state index in [9.17, 15) is 24.8 Å². The quantitative estimate of drug-likeness (QED) is 0.396. The van der Waals surface area contributed by atoms with Crippen LogP contribution in [0, 0.1) is 10.1 Å². The third-order valence-corrected chi connectivity index (χ3v) is 4.15. The summed E-state index contributed by atoms with van der Waals surface area (Å²) in [6.45, 7) is 1.90. The Kier molecular flexibility index (Phi) is 7.50. The maximum absolute atomic E-state index is 12.4. The predicted octanol–water partition coefficient (Wildman–Crippen LogP) is 2.70. The van der Waals surface area contributed by atoms with Crippen molar-refractivity contribution in [3.05, 3.63) is 27.8 Å². The van der Waals surface area contributed by atoms with E-state index in [0.717, 1.165) is 6.42 Å². The number of rotatable bonds is 9. The number of nitro benzene ring substituents is 1. The number of methoxy groups -OCH3 is 1. The molecule has 0 bridgehead atoms. The molecule has 24 heavy (non-hydrogen) atoms. The van der Waals surface area contributed by atoms with E-state index in [1.807, 2.05) is 6.92 Å². The van der Waals surface area contributed by atoms with Gasteiger partial charge in [0.05, 0.1) is 23.0 Å². The summed E-state index contributed by atoms with van der Waals surface area (Å²) in [5, 5.41) is 22.8. The highest BCUT2D eigenvalue weighted by Gasteiger charge is 2.27. The van der Waals surface area contributed by atoms with Gasteiger partial charge in [0, 0.05) is 0 Å². The lowest BCUT2D eigenvalue weighted by atomic mass is 10.1. The molecule has 0 heterocycles. The van der Waals surface area contributed by atoms with Gasteiger partial charge in [-0.05, 0) is 18.7 Å². The summed E-state index contributed by atoms with van der Waals surface area (Å²) in [6.07, 6.45) is 3.40. The van der Waals surface area contributed by atoms with Gasteiger partial charge < -0.3 is 15.2 Å². The van der Waals surface area contributed by atoms with Crippen molar-refractivity contribution in [2.24, 2.45) is 0 Å². The van der Waals surface area contributed by atoms with Crippen LogP contribution in [-0.4, -0.2) is 41.3 Å². The van der Waals surface area contributed by atoms with Crippen molar-refractivity contribution in [1.29, 1.82) is 0 Å². The largest absolute Gasteiger partial charge is 0.495 e. The molecule has 1 rings (SSSR count).